The monoisotopic (exact) mass is 568 g/mol. The second-order valence-corrected chi connectivity index (χ2v) is 11.9. The van der Waals surface area contributed by atoms with E-state index in [1.165, 1.54) is 22.7 Å². The molecule has 0 aliphatic heterocycles. The minimum Gasteiger partial charge on any atom is -0.395 e. The molecular formula is C26H16B2Cl2N6S2. The number of halogens is 2. The number of fused-ring (bicyclic) bond motifs is 3. The Labute approximate surface area is 237 Å². The van der Waals surface area contributed by atoms with E-state index in [1.54, 1.807) is 0 Å². The first-order chi connectivity index (χ1) is 18.2. The molecule has 12 heteroatoms. The molecule has 0 saturated heterocycles. The Bertz CT molecular complexity index is 2030. The molecule has 0 N–H and O–H groups in total. The highest BCUT2D eigenvalue weighted by atomic mass is 35.5. The van der Waals surface area contributed by atoms with Gasteiger partial charge in [0.05, 0.1) is 31.1 Å². The lowest BCUT2D eigenvalue weighted by Gasteiger charge is -2.05. The molecule has 0 fully saturated rings. The van der Waals surface area contributed by atoms with Gasteiger partial charge >= 0.3 is 0 Å². The maximum Gasteiger partial charge on any atom is 0.223 e. The molecule has 0 saturated carbocycles. The fraction of sp³-hybridized carbons (Fsp3) is 0.0769. The molecule has 4 aromatic heterocycles. The van der Waals surface area contributed by atoms with Gasteiger partial charge in [-0.1, -0.05) is 23.2 Å². The zero-order valence-electron chi connectivity index (χ0n) is 20.7. The molecule has 38 heavy (non-hydrogen) atoms. The summed E-state index contributed by atoms with van der Waals surface area (Å²) in [6.07, 6.45) is 0. The second-order valence-electron chi connectivity index (χ2n) is 8.97. The van der Waals surface area contributed by atoms with Gasteiger partial charge in [0.25, 0.3) is 0 Å². The number of aryl methyl sites for hydroxylation is 2. The molecule has 2 aromatic carbocycles. The molecule has 6 nitrogen and oxygen atoms in total. The average Bonchev–Trinajstić information content (AvgIpc) is 3.62. The Kier molecular flexibility index (Phi) is 5.90. The summed E-state index contributed by atoms with van der Waals surface area (Å²) in [5.74, 6) is 0. The molecule has 0 unspecified atom stereocenters. The number of nitrogens with zero attached hydrogens (tertiary/aromatic N) is 6. The van der Waals surface area contributed by atoms with E-state index in [0.29, 0.717) is 31.2 Å². The van der Waals surface area contributed by atoms with E-state index in [2.05, 4.69) is 12.1 Å². The summed E-state index contributed by atoms with van der Waals surface area (Å²) >= 11 is 15.3. The van der Waals surface area contributed by atoms with Crippen LogP contribution >= 0.6 is 45.9 Å². The van der Waals surface area contributed by atoms with Crippen LogP contribution in [0.25, 0.3) is 42.4 Å². The minimum absolute atomic E-state index is 0.483. The summed E-state index contributed by atoms with van der Waals surface area (Å²) in [5, 5.41) is 26.6. The van der Waals surface area contributed by atoms with Gasteiger partial charge in [-0.25, -0.2) is 9.97 Å². The van der Waals surface area contributed by atoms with Crippen LogP contribution in [0.2, 0.25) is 10.0 Å². The van der Waals surface area contributed by atoms with Crippen molar-refractivity contribution in [2.75, 3.05) is 0 Å². The molecule has 6 aromatic rings. The van der Waals surface area contributed by atoms with E-state index >= 15 is 0 Å². The number of thiazole rings is 2. The lowest BCUT2D eigenvalue weighted by molar-refractivity contribution is 1.07. The predicted octanol–water partition coefficient (Wildman–Crippen LogP) is 3.82. The van der Waals surface area contributed by atoms with Crippen molar-refractivity contribution in [1.29, 1.82) is 10.5 Å². The van der Waals surface area contributed by atoms with Crippen molar-refractivity contribution >= 4 is 104 Å². The number of hydrogen-bond acceptors (Lipinski definition) is 6. The normalized spacial score (nSPS) is 13.2. The van der Waals surface area contributed by atoms with Crippen molar-refractivity contribution in [2.45, 2.75) is 13.8 Å². The highest BCUT2D eigenvalue weighted by Crippen LogP contribution is 2.31. The van der Waals surface area contributed by atoms with Crippen LogP contribution in [-0.2, 0) is 0 Å². The van der Waals surface area contributed by atoms with Gasteiger partial charge in [-0.2, -0.15) is 10.5 Å². The number of nitriles is 2. The largest absolute Gasteiger partial charge is 0.395 e. The van der Waals surface area contributed by atoms with Crippen molar-refractivity contribution in [1.82, 2.24) is 18.9 Å². The van der Waals surface area contributed by atoms with Gasteiger partial charge in [0.2, 0.25) is 16.0 Å². The third kappa shape index (κ3) is 3.60. The Hall–Kier alpha value is -3.53. The first kappa shape index (κ1) is 24.8. The molecule has 0 spiro atoms. The molecule has 182 valence electrons. The van der Waals surface area contributed by atoms with Crippen molar-refractivity contribution in [3.63, 3.8) is 0 Å². The van der Waals surface area contributed by atoms with Crippen molar-refractivity contribution in [2.24, 2.45) is 0 Å². The average molecular weight is 569 g/mol. The lowest BCUT2D eigenvalue weighted by Crippen LogP contribution is -2.23. The topological polar surface area (TPSA) is 83.2 Å². The fourth-order valence-electron chi connectivity index (χ4n) is 4.95. The minimum atomic E-state index is 0.483. The molecule has 0 radical (unpaired) electrons. The van der Waals surface area contributed by atoms with Crippen LogP contribution in [0.5, 0.6) is 0 Å². The molecule has 0 aliphatic rings. The van der Waals surface area contributed by atoms with Gasteiger partial charge in [-0.3, -0.25) is 0 Å². The molecule has 4 heterocycles. The van der Waals surface area contributed by atoms with E-state index in [1.807, 2.05) is 75.2 Å². The molecule has 0 amide bonds. The maximum absolute atomic E-state index is 10.4. The quantitative estimate of drug-likeness (QED) is 0.297. The highest BCUT2D eigenvalue weighted by Gasteiger charge is 2.23. The summed E-state index contributed by atoms with van der Waals surface area (Å²) in [6, 6.07) is 15.9. The van der Waals surface area contributed by atoms with E-state index < -0.39 is 0 Å². The second kappa shape index (κ2) is 9.04. The number of hydrogen-bond donors (Lipinski definition) is 0. The fourth-order valence-corrected chi connectivity index (χ4v) is 7.17. The van der Waals surface area contributed by atoms with Crippen LogP contribution in [0.4, 0.5) is 0 Å². The van der Waals surface area contributed by atoms with Crippen LogP contribution in [0.15, 0.2) is 36.4 Å². The first-order valence-electron chi connectivity index (χ1n) is 11.6. The number of benzene rings is 2. The zero-order chi connectivity index (χ0) is 26.9. The Balaban J connectivity index is 1.75. The maximum atomic E-state index is 10.4. The summed E-state index contributed by atoms with van der Waals surface area (Å²) in [4.78, 5) is 9.49. The van der Waals surface area contributed by atoms with Gasteiger partial charge in [-0.15, -0.1) is 22.7 Å². The van der Waals surface area contributed by atoms with Gasteiger partial charge in [0.15, 0.2) is 0 Å². The molecule has 0 aliphatic carbocycles. The van der Waals surface area contributed by atoms with E-state index in [-0.39, 0.29) is 0 Å². The van der Waals surface area contributed by atoms with E-state index in [9.17, 15) is 10.5 Å². The summed E-state index contributed by atoms with van der Waals surface area (Å²) in [6.45, 7) is 4.02. The van der Waals surface area contributed by atoms with E-state index in [0.717, 1.165) is 53.3 Å². The number of rotatable bonds is 2. The molecular weight excluding hydrogens is 553 g/mol. The van der Waals surface area contributed by atoms with Gasteiger partial charge < -0.3 is 8.96 Å². The zero-order valence-corrected chi connectivity index (χ0v) is 23.9. The SMILES string of the molecule is Bn1c(C)c2/c(=C(\C#N)c3nc4cc(Cl)ccc4s3)n(B)c(C)c2/c1=C(\C#N)c1nc2cc(Cl)ccc2s1. The van der Waals surface area contributed by atoms with Crippen LogP contribution < -0.4 is 10.7 Å². The van der Waals surface area contributed by atoms with Crippen molar-refractivity contribution < 1.29 is 0 Å². The van der Waals surface area contributed by atoms with Gasteiger partial charge in [0.1, 0.15) is 33.3 Å². The Morgan fingerprint density at radius 1 is 0.763 bits per heavy atom. The van der Waals surface area contributed by atoms with Crippen LogP contribution in [-0.4, -0.2) is 34.9 Å². The molecule has 0 bridgehead atoms. The van der Waals surface area contributed by atoms with Crippen LogP contribution in [0.1, 0.15) is 21.4 Å². The summed E-state index contributed by atoms with van der Waals surface area (Å²) in [5.41, 5.74) is 4.38. The van der Waals surface area contributed by atoms with Crippen LogP contribution in [0.3, 0.4) is 0 Å². The third-order valence-corrected chi connectivity index (χ3v) is 9.53. The predicted molar refractivity (Wildman–Crippen MR) is 162 cm³/mol. The Morgan fingerprint density at radius 3 is 1.53 bits per heavy atom. The highest BCUT2D eigenvalue weighted by molar-refractivity contribution is 7.20. The lowest BCUT2D eigenvalue weighted by atomic mass is 10.1. The van der Waals surface area contributed by atoms with Crippen molar-refractivity contribution in [3.8, 4) is 12.1 Å². The van der Waals surface area contributed by atoms with Gasteiger partial charge in [0, 0.05) is 32.2 Å². The van der Waals surface area contributed by atoms with Crippen LogP contribution in [0, 0.1) is 36.5 Å². The third-order valence-electron chi connectivity index (χ3n) is 6.95. The smallest absolute Gasteiger partial charge is 0.223 e. The van der Waals surface area contributed by atoms with E-state index in [4.69, 9.17) is 33.2 Å². The summed E-state index contributed by atoms with van der Waals surface area (Å²) < 4.78 is 5.96. The summed E-state index contributed by atoms with van der Waals surface area (Å²) in [7, 11) is 3.89. The Morgan fingerprint density at radius 2 is 1.16 bits per heavy atom. The number of aromatic nitrogens is 4. The molecule has 6 rings (SSSR count). The van der Waals surface area contributed by atoms with Crippen molar-refractivity contribution in [3.05, 3.63) is 78.5 Å². The molecule has 0 atom stereocenters. The first-order valence-corrected chi connectivity index (χ1v) is 13.9. The van der Waals surface area contributed by atoms with Gasteiger partial charge in [-0.05, 0) is 50.2 Å². The standard InChI is InChI=1S/C26H16B2Cl2N6S2/c1-11-21-22(24(35(11)27)16(10-32)26-34-18-8-14(30)4-6-20(18)38-26)12(2)36(28)23(21)15(9-31)25-33-17-7-13(29)3-5-19(17)37-25/h3-8H,27-28H2,1-2H3/b23-15-,24-16-.